The molecule has 0 radical (unpaired) electrons. The molecular formula is C15H23NO3. The van der Waals surface area contributed by atoms with Gasteiger partial charge in [0.1, 0.15) is 11.3 Å². The van der Waals surface area contributed by atoms with E-state index < -0.39 is 5.97 Å². The van der Waals surface area contributed by atoms with Crippen LogP contribution in [0.25, 0.3) is 0 Å². The zero-order valence-electron chi connectivity index (χ0n) is 12.1. The number of benzene rings is 1. The van der Waals surface area contributed by atoms with Crippen molar-refractivity contribution in [1.29, 1.82) is 0 Å². The van der Waals surface area contributed by atoms with Crippen LogP contribution in [0.1, 0.15) is 43.6 Å². The molecule has 0 aliphatic carbocycles. The molecule has 0 fully saturated rings. The fraction of sp³-hybridized carbons (Fsp3) is 0.533. The third-order valence-corrected chi connectivity index (χ3v) is 3.28. The van der Waals surface area contributed by atoms with Crippen LogP contribution in [0.15, 0.2) is 18.2 Å². The maximum atomic E-state index is 11.0. The molecular weight excluding hydrogens is 242 g/mol. The second kappa shape index (κ2) is 6.57. The van der Waals surface area contributed by atoms with E-state index in [-0.39, 0.29) is 11.3 Å². The fourth-order valence-corrected chi connectivity index (χ4v) is 2.28. The molecule has 0 aliphatic rings. The zero-order chi connectivity index (χ0) is 14.6. The second-order valence-electron chi connectivity index (χ2n) is 5.33. The van der Waals surface area contributed by atoms with Gasteiger partial charge in [-0.2, -0.15) is 0 Å². The molecule has 0 saturated heterocycles. The van der Waals surface area contributed by atoms with Gasteiger partial charge in [0.25, 0.3) is 0 Å². The molecule has 4 heteroatoms. The summed E-state index contributed by atoms with van der Waals surface area (Å²) >= 11 is 0. The number of rotatable bonds is 6. The minimum atomic E-state index is -1.09. The largest absolute Gasteiger partial charge is 0.507 e. The molecule has 106 valence electrons. The van der Waals surface area contributed by atoms with E-state index in [2.05, 4.69) is 32.6 Å². The van der Waals surface area contributed by atoms with Crippen molar-refractivity contribution in [1.82, 2.24) is 4.90 Å². The average Bonchev–Trinajstić information content (AvgIpc) is 2.30. The minimum absolute atomic E-state index is 0.0295. The molecule has 0 saturated carbocycles. The van der Waals surface area contributed by atoms with E-state index in [1.807, 2.05) is 0 Å². The molecule has 0 spiro atoms. The van der Waals surface area contributed by atoms with Crippen LogP contribution < -0.4 is 0 Å². The maximum absolute atomic E-state index is 11.0. The number of hydrogen-bond donors (Lipinski definition) is 2. The van der Waals surface area contributed by atoms with E-state index in [9.17, 15) is 9.90 Å². The van der Waals surface area contributed by atoms with Crippen molar-refractivity contribution in [3.8, 4) is 5.75 Å². The molecule has 0 aliphatic heterocycles. The monoisotopic (exact) mass is 265 g/mol. The summed E-state index contributed by atoms with van der Waals surface area (Å²) in [6.07, 6.45) is 0.775. The van der Waals surface area contributed by atoms with Crippen molar-refractivity contribution < 1.29 is 15.0 Å². The number of carboxylic acids is 1. The van der Waals surface area contributed by atoms with Gasteiger partial charge in [0.05, 0.1) is 0 Å². The Kier molecular flexibility index (Phi) is 5.36. The summed E-state index contributed by atoms with van der Waals surface area (Å²) in [5.74, 6) is -1.27. The first-order valence-electron chi connectivity index (χ1n) is 6.63. The standard InChI is InChI=1S/C15H23NO3/c1-10(2)16(11(3)4)8-7-12-5-6-14(17)13(9-12)15(18)19/h5-6,9-11,17H,7-8H2,1-4H3,(H,18,19). The van der Waals surface area contributed by atoms with Gasteiger partial charge in [0.15, 0.2) is 0 Å². The highest BCUT2D eigenvalue weighted by molar-refractivity contribution is 5.90. The van der Waals surface area contributed by atoms with Crippen molar-refractivity contribution in [2.75, 3.05) is 6.54 Å². The van der Waals surface area contributed by atoms with Crippen molar-refractivity contribution in [3.63, 3.8) is 0 Å². The number of phenols is 1. The minimum Gasteiger partial charge on any atom is -0.507 e. The van der Waals surface area contributed by atoms with Crippen molar-refractivity contribution >= 4 is 5.97 Å². The Balaban J connectivity index is 2.78. The maximum Gasteiger partial charge on any atom is 0.339 e. The summed E-state index contributed by atoms with van der Waals surface area (Å²) in [6, 6.07) is 5.69. The zero-order valence-corrected chi connectivity index (χ0v) is 12.1. The van der Waals surface area contributed by atoms with Crippen LogP contribution >= 0.6 is 0 Å². The number of nitrogens with zero attached hydrogens (tertiary/aromatic N) is 1. The summed E-state index contributed by atoms with van der Waals surface area (Å²) < 4.78 is 0. The van der Waals surface area contributed by atoms with Gasteiger partial charge in [0.2, 0.25) is 0 Å². The molecule has 19 heavy (non-hydrogen) atoms. The van der Waals surface area contributed by atoms with Gasteiger partial charge >= 0.3 is 5.97 Å². The van der Waals surface area contributed by atoms with Crippen LogP contribution in [0.4, 0.5) is 0 Å². The summed E-state index contributed by atoms with van der Waals surface area (Å²) in [5, 5.41) is 18.4. The predicted molar refractivity (Wildman–Crippen MR) is 75.7 cm³/mol. The summed E-state index contributed by atoms with van der Waals surface area (Å²) in [5.41, 5.74) is 0.902. The van der Waals surface area contributed by atoms with Gasteiger partial charge in [0, 0.05) is 18.6 Å². The van der Waals surface area contributed by atoms with Gasteiger partial charge in [-0.1, -0.05) is 6.07 Å². The lowest BCUT2D eigenvalue weighted by Gasteiger charge is -2.30. The smallest absolute Gasteiger partial charge is 0.339 e. The average molecular weight is 265 g/mol. The number of carboxylic acid groups (broad SMARTS) is 1. The third kappa shape index (κ3) is 4.24. The number of carbonyl (C=O) groups is 1. The predicted octanol–water partition coefficient (Wildman–Crippen LogP) is 2.75. The van der Waals surface area contributed by atoms with Crippen molar-refractivity contribution in [2.45, 2.75) is 46.2 Å². The topological polar surface area (TPSA) is 60.8 Å². The Hall–Kier alpha value is -1.55. The van der Waals surface area contributed by atoms with Crippen LogP contribution in [0.3, 0.4) is 0 Å². The summed E-state index contributed by atoms with van der Waals surface area (Å²) in [6.45, 7) is 9.48. The van der Waals surface area contributed by atoms with E-state index in [4.69, 9.17) is 5.11 Å². The highest BCUT2D eigenvalue weighted by atomic mass is 16.4. The molecule has 1 aromatic carbocycles. The van der Waals surface area contributed by atoms with Gasteiger partial charge < -0.3 is 10.2 Å². The van der Waals surface area contributed by atoms with E-state index >= 15 is 0 Å². The Morgan fingerprint density at radius 2 is 1.79 bits per heavy atom. The van der Waals surface area contributed by atoms with Crippen molar-refractivity contribution in [3.05, 3.63) is 29.3 Å². The second-order valence-corrected chi connectivity index (χ2v) is 5.33. The third-order valence-electron chi connectivity index (χ3n) is 3.28. The lowest BCUT2D eigenvalue weighted by Crippen LogP contribution is -2.38. The molecule has 0 atom stereocenters. The molecule has 1 rings (SSSR count). The molecule has 0 aromatic heterocycles. The van der Waals surface area contributed by atoms with E-state index in [0.717, 1.165) is 18.5 Å². The van der Waals surface area contributed by atoms with Gasteiger partial charge in [-0.15, -0.1) is 0 Å². The molecule has 0 bridgehead atoms. The first kappa shape index (κ1) is 15.5. The van der Waals surface area contributed by atoms with E-state index in [0.29, 0.717) is 12.1 Å². The van der Waals surface area contributed by atoms with Crippen molar-refractivity contribution in [2.24, 2.45) is 0 Å². The van der Waals surface area contributed by atoms with Gasteiger partial charge in [-0.05, 0) is 51.8 Å². The molecule has 0 unspecified atom stereocenters. The van der Waals surface area contributed by atoms with Gasteiger partial charge in [-0.3, -0.25) is 4.90 Å². The Labute approximate surface area is 114 Å². The van der Waals surface area contributed by atoms with Crippen LogP contribution in [0, 0.1) is 0 Å². The summed E-state index contributed by atoms with van der Waals surface area (Å²) in [4.78, 5) is 13.3. The van der Waals surface area contributed by atoms with E-state index in [1.54, 1.807) is 12.1 Å². The van der Waals surface area contributed by atoms with Gasteiger partial charge in [-0.25, -0.2) is 4.79 Å². The Bertz CT molecular complexity index is 433. The molecule has 2 N–H and O–H groups in total. The molecule has 0 heterocycles. The van der Waals surface area contributed by atoms with Crippen LogP contribution in [0.5, 0.6) is 5.75 Å². The van der Waals surface area contributed by atoms with Crippen LogP contribution in [-0.2, 0) is 6.42 Å². The van der Waals surface area contributed by atoms with Crippen LogP contribution in [-0.4, -0.2) is 39.7 Å². The molecule has 0 amide bonds. The SMILES string of the molecule is CC(C)N(CCc1ccc(O)c(C(=O)O)c1)C(C)C. The number of hydrogen-bond acceptors (Lipinski definition) is 3. The lowest BCUT2D eigenvalue weighted by molar-refractivity contribution is 0.0693. The summed E-state index contributed by atoms with van der Waals surface area (Å²) in [7, 11) is 0. The van der Waals surface area contributed by atoms with E-state index in [1.165, 1.54) is 6.07 Å². The normalized spacial score (nSPS) is 11.5. The fourth-order valence-electron chi connectivity index (χ4n) is 2.28. The highest BCUT2D eigenvalue weighted by Crippen LogP contribution is 2.19. The molecule has 1 aromatic rings. The Morgan fingerprint density at radius 1 is 1.21 bits per heavy atom. The number of aromatic hydroxyl groups is 1. The quantitative estimate of drug-likeness (QED) is 0.830. The first-order valence-corrected chi connectivity index (χ1v) is 6.63. The molecule has 4 nitrogen and oxygen atoms in total. The van der Waals surface area contributed by atoms with Crippen LogP contribution in [0.2, 0.25) is 0 Å². The first-order chi connectivity index (χ1) is 8.82. The highest BCUT2D eigenvalue weighted by Gasteiger charge is 2.14. The lowest BCUT2D eigenvalue weighted by atomic mass is 10.1. The number of aromatic carboxylic acids is 1. The Morgan fingerprint density at radius 3 is 2.26 bits per heavy atom.